The van der Waals surface area contributed by atoms with E-state index in [1.807, 2.05) is 83.1 Å². The maximum Gasteiger partial charge on any atom is 0.395 e. The van der Waals surface area contributed by atoms with Crippen LogP contribution >= 0.6 is 0 Å². The van der Waals surface area contributed by atoms with Gasteiger partial charge in [0.15, 0.2) is 0 Å². The number of ether oxygens (including phenoxy) is 4. The third-order valence-corrected chi connectivity index (χ3v) is 13.6. The zero-order chi connectivity index (χ0) is 55.4. The van der Waals surface area contributed by atoms with Crippen LogP contribution in [0.1, 0.15) is 164 Å². The van der Waals surface area contributed by atoms with Crippen LogP contribution in [0, 0.1) is 29.1 Å². The van der Waals surface area contributed by atoms with Crippen molar-refractivity contribution in [2.75, 3.05) is 26.4 Å². The molecule has 4 amide bonds. The molecule has 21 nitrogen and oxygen atoms in total. The number of aliphatic carboxylic acids is 4. The lowest BCUT2D eigenvalue weighted by molar-refractivity contribution is -0.158. The minimum atomic E-state index is -1.65. The molecule has 0 aliphatic rings. The van der Waals surface area contributed by atoms with E-state index in [2.05, 4.69) is 26.8 Å². The molecule has 0 spiro atoms. The molecule has 4 unspecified atom stereocenters. The number of amides is 4. The van der Waals surface area contributed by atoms with Gasteiger partial charge in [-0.1, -0.05) is 27.7 Å². The van der Waals surface area contributed by atoms with Crippen LogP contribution in [0.25, 0.3) is 0 Å². The molecule has 0 radical (unpaired) electrons. The van der Waals surface area contributed by atoms with Gasteiger partial charge in [-0.25, -0.2) is 24.6 Å². The molecule has 0 heterocycles. The molecule has 21 heteroatoms. The second kappa shape index (κ2) is 24.8. The van der Waals surface area contributed by atoms with Crippen molar-refractivity contribution in [2.45, 2.75) is 209 Å². The zero-order valence-corrected chi connectivity index (χ0v) is 45.7. The van der Waals surface area contributed by atoms with Crippen molar-refractivity contribution in [1.82, 2.24) is 26.8 Å². The van der Waals surface area contributed by atoms with Crippen molar-refractivity contribution >= 4 is 47.5 Å². The van der Waals surface area contributed by atoms with Gasteiger partial charge in [0.05, 0.1) is 48.8 Å². The van der Waals surface area contributed by atoms with Gasteiger partial charge < -0.3 is 55.3 Å². The second-order valence-electron chi connectivity index (χ2n) is 24.1. The summed E-state index contributed by atoms with van der Waals surface area (Å²) in [6.07, 6.45) is 1.38. The van der Waals surface area contributed by atoms with E-state index in [0.717, 1.165) is 0 Å². The molecule has 0 rings (SSSR count). The van der Waals surface area contributed by atoms with Gasteiger partial charge in [0.2, 0.25) is 0 Å². The Bertz CT molecular complexity index is 1700. The van der Waals surface area contributed by atoms with E-state index in [0.29, 0.717) is 25.7 Å². The minimum Gasteiger partial charge on any atom is -0.474 e. The molecule has 70 heavy (non-hydrogen) atoms. The first-order valence-corrected chi connectivity index (χ1v) is 23.7. The number of hydrogen-bond donors (Lipinski definition) is 9. The van der Waals surface area contributed by atoms with E-state index < -0.39 is 97.5 Å². The third kappa shape index (κ3) is 22.8. The summed E-state index contributed by atoms with van der Waals surface area (Å²) >= 11 is 0. The standard InChI is InChI=1S/C49H89N5O16/c1-29(45(13,14)50-33(55)37(59)60)21-67-41(5,6)25-49(26-42(7,8)68-22-30(2)46(15,16)51-34(56)38(61)62,27-43(9,10)69-23-31(3)47(17,18)52-35(57)39(63)64)28-44(11,12)70-24-32(4)48(19,20)54-53-36(58)40(65)66/h29-32,54H,21-28H2,1-20H3,(H,50,55)(H,51,56)(H,52,57)(H,53,58)(H,59,60)(H,61,62)(H,63,64)(H,65,66). The summed E-state index contributed by atoms with van der Waals surface area (Å²) in [5.74, 6) is -12.6. The molecule has 0 aromatic rings. The second-order valence-corrected chi connectivity index (χ2v) is 24.1. The van der Waals surface area contributed by atoms with Gasteiger partial charge in [-0.05, 0) is 148 Å². The number of carboxylic acids is 4. The van der Waals surface area contributed by atoms with Gasteiger partial charge in [-0.3, -0.25) is 24.6 Å². The number of nitrogens with one attached hydrogen (secondary N) is 5. The van der Waals surface area contributed by atoms with Gasteiger partial charge >= 0.3 is 47.5 Å². The van der Waals surface area contributed by atoms with Crippen molar-refractivity contribution in [3.8, 4) is 0 Å². The van der Waals surface area contributed by atoms with Crippen LogP contribution in [-0.2, 0) is 57.3 Å². The number of hydrazine groups is 1. The van der Waals surface area contributed by atoms with Crippen LogP contribution in [-0.4, -0.2) is 139 Å². The first-order chi connectivity index (χ1) is 31.1. The summed E-state index contributed by atoms with van der Waals surface area (Å²) in [5, 5.41) is 44.7. The highest BCUT2D eigenvalue weighted by atomic mass is 16.5. The monoisotopic (exact) mass is 1000 g/mol. The largest absolute Gasteiger partial charge is 0.474 e. The van der Waals surface area contributed by atoms with Crippen LogP contribution in [0.3, 0.4) is 0 Å². The maximum absolute atomic E-state index is 12.2. The van der Waals surface area contributed by atoms with Crippen molar-refractivity contribution in [3.63, 3.8) is 0 Å². The summed E-state index contributed by atoms with van der Waals surface area (Å²) < 4.78 is 27.0. The Hall–Kier alpha value is -4.44. The maximum atomic E-state index is 12.2. The minimum absolute atomic E-state index is 0.108. The van der Waals surface area contributed by atoms with E-state index in [-0.39, 0.29) is 50.1 Å². The molecular formula is C49H89N5O16. The van der Waals surface area contributed by atoms with Crippen LogP contribution in [0.2, 0.25) is 0 Å². The number of hydrogen-bond acceptors (Lipinski definition) is 13. The summed E-state index contributed by atoms with van der Waals surface area (Å²) in [7, 11) is 0. The number of carbonyl (C=O) groups excluding carboxylic acids is 4. The summed E-state index contributed by atoms with van der Waals surface area (Å²) in [5.41, 5.74) is -3.31. The lowest BCUT2D eigenvalue weighted by Crippen LogP contribution is -2.56. The predicted octanol–water partition coefficient (Wildman–Crippen LogP) is 4.68. The molecule has 0 aliphatic heterocycles. The molecule has 4 atom stereocenters. The topological polar surface area (TPSA) is 315 Å². The predicted molar refractivity (Wildman–Crippen MR) is 260 cm³/mol. The molecule has 0 fully saturated rings. The van der Waals surface area contributed by atoms with Crippen molar-refractivity contribution in [3.05, 3.63) is 0 Å². The average Bonchev–Trinajstić information content (AvgIpc) is 3.17. The van der Waals surface area contributed by atoms with E-state index in [9.17, 15) is 53.7 Å². The van der Waals surface area contributed by atoms with Gasteiger partial charge in [0.25, 0.3) is 0 Å². The summed E-state index contributed by atoms with van der Waals surface area (Å²) in [6, 6.07) is 0. The van der Waals surface area contributed by atoms with Crippen LogP contribution in [0.4, 0.5) is 0 Å². The van der Waals surface area contributed by atoms with E-state index in [4.69, 9.17) is 24.1 Å². The van der Waals surface area contributed by atoms with Gasteiger partial charge in [0, 0.05) is 39.9 Å². The lowest BCUT2D eigenvalue weighted by Gasteiger charge is -2.51. The lowest BCUT2D eigenvalue weighted by atomic mass is 9.62. The molecule has 406 valence electrons. The Labute approximate surface area is 415 Å². The van der Waals surface area contributed by atoms with Crippen molar-refractivity contribution in [2.24, 2.45) is 29.1 Å². The molecule has 0 aromatic heterocycles. The highest BCUT2D eigenvalue weighted by Gasteiger charge is 2.49. The Morgan fingerprint density at radius 3 is 0.757 bits per heavy atom. The first kappa shape index (κ1) is 65.6. The Kier molecular flexibility index (Phi) is 23.2. The summed E-state index contributed by atoms with van der Waals surface area (Å²) in [4.78, 5) is 94.0. The van der Waals surface area contributed by atoms with Crippen LogP contribution in [0.15, 0.2) is 0 Å². The Morgan fingerprint density at radius 2 is 0.557 bits per heavy atom. The average molecular weight is 1000 g/mol. The molecule has 0 aliphatic carbocycles. The Balaban J connectivity index is 7.60. The molecule has 9 N–H and O–H groups in total. The molecular weight excluding hydrogens is 915 g/mol. The molecule has 0 aromatic carbocycles. The van der Waals surface area contributed by atoms with Crippen molar-refractivity contribution < 1.29 is 77.7 Å². The van der Waals surface area contributed by atoms with E-state index >= 15 is 0 Å². The number of carboxylic acid groups (broad SMARTS) is 4. The fourth-order valence-corrected chi connectivity index (χ4v) is 8.23. The fourth-order valence-electron chi connectivity index (χ4n) is 8.23. The molecule has 0 saturated heterocycles. The number of rotatable bonds is 29. The first-order valence-electron chi connectivity index (χ1n) is 23.7. The summed E-state index contributed by atoms with van der Waals surface area (Å²) in [6.45, 7) is 37.2. The van der Waals surface area contributed by atoms with Gasteiger partial charge in [-0.2, -0.15) is 0 Å². The highest BCUT2D eigenvalue weighted by molar-refractivity contribution is 6.32. The SMILES string of the molecule is CC(COC(C)(C)CC(CC(C)(C)OCC(C)C(C)(C)NC(=O)C(=O)O)(CC(C)(C)OCC(C)C(C)(C)NC(=O)C(=O)O)CC(C)(C)OCC(C)C(C)(C)NC(=O)C(=O)O)C(C)(C)NNC(=O)C(=O)O. The fraction of sp³-hybridized carbons (Fsp3) is 0.837. The molecule has 0 bridgehead atoms. The highest BCUT2D eigenvalue weighted by Crippen LogP contribution is 2.51. The van der Waals surface area contributed by atoms with E-state index in [1.165, 1.54) is 0 Å². The normalized spacial score (nSPS) is 15.9. The van der Waals surface area contributed by atoms with Crippen LogP contribution < -0.4 is 26.8 Å². The Morgan fingerprint density at radius 1 is 0.357 bits per heavy atom. The van der Waals surface area contributed by atoms with E-state index in [1.54, 1.807) is 55.4 Å². The van der Waals surface area contributed by atoms with Gasteiger partial charge in [0.1, 0.15) is 0 Å². The smallest absolute Gasteiger partial charge is 0.395 e. The quantitative estimate of drug-likeness (QED) is 0.0363. The van der Waals surface area contributed by atoms with Crippen LogP contribution in [0.5, 0.6) is 0 Å². The zero-order valence-electron chi connectivity index (χ0n) is 45.7. The van der Waals surface area contributed by atoms with Crippen molar-refractivity contribution in [1.29, 1.82) is 0 Å². The third-order valence-electron chi connectivity index (χ3n) is 13.6. The molecule has 0 saturated carbocycles. The van der Waals surface area contributed by atoms with Gasteiger partial charge in [-0.15, -0.1) is 0 Å². The number of carbonyl (C=O) groups is 8.